The van der Waals surface area contributed by atoms with E-state index in [0.29, 0.717) is 17.3 Å². The number of nitrogens with zero attached hydrogens (tertiary/aromatic N) is 3. The van der Waals surface area contributed by atoms with Gasteiger partial charge >= 0.3 is 0 Å². The monoisotopic (exact) mass is 480 g/mol. The number of carbonyl (C=O) groups excluding carboxylic acids is 1. The molecular weight excluding hydrogens is 456 g/mol. The zero-order chi connectivity index (χ0) is 24.2. The minimum absolute atomic E-state index is 0.124. The third-order valence-electron chi connectivity index (χ3n) is 5.17. The summed E-state index contributed by atoms with van der Waals surface area (Å²) in [6.45, 7) is 5.31. The van der Waals surface area contributed by atoms with Crippen molar-refractivity contribution in [3.05, 3.63) is 74.9 Å². The van der Waals surface area contributed by atoms with Crippen LogP contribution in [0.1, 0.15) is 29.9 Å². The van der Waals surface area contributed by atoms with Gasteiger partial charge in [0.1, 0.15) is 12.2 Å². The number of benzene rings is 2. The van der Waals surface area contributed by atoms with Crippen LogP contribution in [0, 0.1) is 16.0 Å². The number of rotatable bonds is 9. The van der Waals surface area contributed by atoms with Gasteiger partial charge < -0.3 is 19.4 Å². The van der Waals surface area contributed by atoms with Crippen molar-refractivity contribution in [2.75, 3.05) is 12.4 Å². The van der Waals surface area contributed by atoms with Crippen molar-refractivity contribution >= 4 is 39.5 Å². The van der Waals surface area contributed by atoms with Crippen LogP contribution < -0.4 is 14.8 Å². The van der Waals surface area contributed by atoms with E-state index in [2.05, 4.69) is 28.7 Å². The van der Waals surface area contributed by atoms with E-state index in [-0.39, 0.29) is 29.4 Å². The molecule has 0 radical (unpaired) electrons. The van der Waals surface area contributed by atoms with Crippen LogP contribution in [0.3, 0.4) is 0 Å². The van der Waals surface area contributed by atoms with E-state index in [9.17, 15) is 14.9 Å². The second kappa shape index (κ2) is 9.92. The molecule has 1 N–H and O–H groups in total. The predicted octanol–water partition coefficient (Wildman–Crippen LogP) is 5.50. The Hall–Kier alpha value is -3.92. The Morgan fingerprint density at radius 1 is 1.24 bits per heavy atom. The lowest BCUT2D eigenvalue weighted by atomic mass is 10.1. The second-order valence-corrected chi connectivity index (χ2v) is 8.85. The van der Waals surface area contributed by atoms with E-state index in [1.807, 2.05) is 29.8 Å². The lowest BCUT2D eigenvalue weighted by molar-refractivity contribution is -0.385. The standard InChI is InChI=1S/C24H24N4O5S/c1-15(2)11-27-7-6-16-8-17(4-5-20(16)27)26-24(29)19-9-22(32-3)23(10-21(19)28(30)31)33-12-18-13-34-14-25-18/h4-10,13-15H,11-12H2,1-3H3,(H,26,29). The highest BCUT2D eigenvalue weighted by Gasteiger charge is 2.25. The molecule has 9 nitrogen and oxygen atoms in total. The third-order valence-corrected chi connectivity index (χ3v) is 5.81. The molecular formula is C24H24N4O5S. The molecule has 10 heteroatoms. The van der Waals surface area contributed by atoms with Crippen LogP contribution in [0.4, 0.5) is 11.4 Å². The third kappa shape index (κ3) is 5.01. The zero-order valence-corrected chi connectivity index (χ0v) is 19.8. The fourth-order valence-corrected chi connectivity index (χ4v) is 4.19. The number of carbonyl (C=O) groups is 1. The number of methoxy groups -OCH3 is 1. The number of nitro groups is 1. The first-order valence-electron chi connectivity index (χ1n) is 10.6. The van der Waals surface area contributed by atoms with Gasteiger partial charge in [-0.1, -0.05) is 13.8 Å². The first-order valence-corrected chi connectivity index (χ1v) is 11.6. The summed E-state index contributed by atoms with van der Waals surface area (Å²) in [4.78, 5) is 28.3. The average Bonchev–Trinajstić information content (AvgIpc) is 3.46. The van der Waals surface area contributed by atoms with Crippen LogP contribution in [0.5, 0.6) is 11.5 Å². The number of nitro benzene ring substituents is 1. The van der Waals surface area contributed by atoms with Crippen LogP contribution in [-0.2, 0) is 13.2 Å². The summed E-state index contributed by atoms with van der Waals surface area (Å²) in [5, 5.41) is 17.3. The molecule has 0 aliphatic rings. The first-order chi connectivity index (χ1) is 16.4. The molecule has 2 aromatic carbocycles. The molecule has 0 atom stereocenters. The van der Waals surface area contributed by atoms with Gasteiger partial charge in [-0.15, -0.1) is 11.3 Å². The Kier molecular flexibility index (Phi) is 6.78. The summed E-state index contributed by atoms with van der Waals surface area (Å²) >= 11 is 1.42. The summed E-state index contributed by atoms with van der Waals surface area (Å²) in [6, 6.07) is 10.1. The lowest BCUT2D eigenvalue weighted by Gasteiger charge is -2.13. The topological polar surface area (TPSA) is 109 Å². The quantitative estimate of drug-likeness (QED) is 0.250. The minimum atomic E-state index is -0.614. The Labute approximate surface area is 200 Å². The number of nitrogens with one attached hydrogen (secondary N) is 1. The van der Waals surface area contributed by atoms with E-state index in [1.54, 1.807) is 11.6 Å². The van der Waals surface area contributed by atoms with Gasteiger partial charge in [0.2, 0.25) is 0 Å². The Balaban J connectivity index is 1.59. The summed E-state index contributed by atoms with van der Waals surface area (Å²) in [5.74, 6) is 0.259. The summed E-state index contributed by atoms with van der Waals surface area (Å²) < 4.78 is 13.2. The van der Waals surface area contributed by atoms with Gasteiger partial charge in [-0.3, -0.25) is 14.9 Å². The molecule has 0 spiro atoms. The van der Waals surface area contributed by atoms with Gasteiger partial charge in [-0.05, 0) is 30.2 Å². The van der Waals surface area contributed by atoms with E-state index in [1.165, 1.54) is 30.6 Å². The van der Waals surface area contributed by atoms with Crippen molar-refractivity contribution < 1.29 is 19.2 Å². The summed E-state index contributed by atoms with van der Waals surface area (Å²) in [6.07, 6.45) is 2.01. The van der Waals surface area contributed by atoms with Gasteiger partial charge in [0.15, 0.2) is 11.5 Å². The smallest absolute Gasteiger partial charge is 0.286 e. The lowest BCUT2D eigenvalue weighted by Crippen LogP contribution is -2.14. The van der Waals surface area contributed by atoms with Crippen LogP contribution in [0.25, 0.3) is 10.9 Å². The molecule has 34 heavy (non-hydrogen) atoms. The summed E-state index contributed by atoms with van der Waals surface area (Å²) in [5.41, 5.74) is 3.45. The molecule has 176 valence electrons. The number of anilines is 1. The fraction of sp³-hybridized carbons (Fsp3) is 0.250. The van der Waals surface area contributed by atoms with Gasteiger partial charge in [0, 0.05) is 40.8 Å². The molecule has 0 aliphatic heterocycles. The maximum Gasteiger partial charge on any atom is 0.286 e. The molecule has 0 fully saturated rings. The molecule has 0 unspecified atom stereocenters. The number of aromatic nitrogens is 2. The molecule has 2 aromatic heterocycles. The number of hydrogen-bond donors (Lipinski definition) is 1. The Morgan fingerprint density at radius 2 is 2.06 bits per heavy atom. The molecule has 2 heterocycles. The van der Waals surface area contributed by atoms with Crippen molar-refractivity contribution in [1.29, 1.82) is 0 Å². The SMILES string of the molecule is COc1cc(C(=O)Nc2ccc3c(ccn3CC(C)C)c2)c([N+](=O)[O-])cc1OCc1cscn1. The van der Waals surface area contributed by atoms with Crippen molar-refractivity contribution in [2.24, 2.45) is 5.92 Å². The molecule has 0 saturated heterocycles. The van der Waals surface area contributed by atoms with Crippen molar-refractivity contribution in [2.45, 2.75) is 27.0 Å². The fourth-order valence-electron chi connectivity index (χ4n) is 3.64. The first kappa shape index (κ1) is 23.2. The molecule has 4 rings (SSSR count). The normalized spacial score (nSPS) is 11.1. The predicted molar refractivity (Wildman–Crippen MR) is 131 cm³/mol. The summed E-state index contributed by atoms with van der Waals surface area (Å²) in [7, 11) is 1.41. The molecule has 1 amide bonds. The molecule has 4 aromatic rings. The van der Waals surface area contributed by atoms with Crippen molar-refractivity contribution in [1.82, 2.24) is 9.55 Å². The number of thiazole rings is 1. The van der Waals surface area contributed by atoms with Gasteiger partial charge in [-0.2, -0.15) is 0 Å². The van der Waals surface area contributed by atoms with Gasteiger partial charge in [-0.25, -0.2) is 4.98 Å². The largest absolute Gasteiger partial charge is 0.493 e. The van der Waals surface area contributed by atoms with Crippen LogP contribution in [0.2, 0.25) is 0 Å². The average molecular weight is 481 g/mol. The number of hydrogen-bond acceptors (Lipinski definition) is 7. The van der Waals surface area contributed by atoms with Crippen LogP contribution in [-0.4, -0.2) is 27.5 Å². The Bertz CT molecular complexity index is 1330. The molecule has 0 bridgehead atoms. The van der Waals surface area contributed by atoms with Crippen LogP contribution in [0.15, 0.2) is 53.5 Å². The highest BCUT2D eigenvalue weighted by atomic mass is 32.1. The van der Waals surface area contributed by atoms with Crippen molar-refractivity contribution in [3.8, 4) is 11.5 Å². The van der Waals surface area contributed by atoms with E-state index in [4.69, 9.17) is 9.47 Å². The highest BCUT2D eigenvalue weighted by molar-refractivity contribution is 7.07. The molecule has 0 aliphatic carbocycles. The van der Waals surface area contributed by atoms with E-state index < -0.39 is 10.8 Å². The number of fused-ring (bicyclic) bond motifs is 1. The molecule has 0 saturated carbocycles. The van der Waals surface area contributed by atoms with E-state index in [0.717, 1.165) is 17.4 Å². The van der Waals surface area contributed by atoms with Crippen LogP contribution >= 0.6 is 11.3 Å². The number of amides is 1. The number of ether oxygens (including phenoxy) is 2. The van der Waals surface area contributed by atoms with Gasteiger partial charge in [0.25, 0.3) is 11.6 Å². The van der Waals surface area contributed by atoms with E-state index >= 15 is 0 Å². The maximum absolute atomic E-state index is 13.0. The van der Waals surface area contributed by atoms with Gasteiger partial charge in [0.05, 0.1) is 29.3 Å². The van der Waals surface area contributed by atoms with Crippen molar-refractivity contribution in [3.63, 3.8) is 0 Å². The zero-order valence-electron chi connectivity index (χ0n) is 19.0. The minimum Gasteiger partial charge on any atom is -0.493 e. The highest BCUT2D eigenvalue weighted by Crippen LogP contribution is 2.36. The Morgan fingerprint density at radius 3 is 2.74 bits per heavy atom. The maximum atomic E-state index is 13.0. The second-order valence-electron chi connectivity index (χ2n) is 8.14.